The molecule has 1 N–H and O–H groups in total. The number of methoxy groups -OCH3 is 1. The molecule has 2 heterocycles. The molecule has 1 aliphatic rings. The minimum atomic E-state index is 0.0517. The Labute approximate surface area is 150 Å². The lowest BCUT2D eigenvalue weighted by molar-refractivity contribution is 0.0704. The molecule has 0 saturated carbocycles. The zero-order valence-electron chi connectivity index (χ0n) is 13.6. The van der Waals surface area contributed by atoms with Gasteiger partial charge in [0.15, 0.2) is 0 Å². The molecule has 0 atom stereocenters. The molecule has 1 aromatic carbocycles. The van der Waals surface area contributed by atoms with Gasteiger partial charge < -0.3 is 19.4 Å². The molecule has 3 rings (SSSR count). The van der Waals surface area contributed by atoms with Crippen LogP contribution in [0.1, 0.15) is 28.8 Å². The summed E-state index contributed by atoms with van der Waals surface area (Å²) in [6.07, 6.45) is 4.93. The largest absolute Gasteiger partial charge is 0.496 e. The van der Waals surface area contributed by atoms with Crippen molar-refractivity contribution >= 4 is 21.8 Å². The smallest absolute Gasteiger partial charge is 0.257 e. The third-order valence-corrected chi connectivity index (χ3v) is 4.87. The van der Waals surface area contributed by atoms with Gasteiger partial charge in [-0.1, -0.05) is 15.9 Å². The Balaban J connectivity index is 1.51. The number of piperidine rings is 1. The first-order valence-electron chi connectivity index (χ1n) is 8.04. The van der Waals surface area contributed by atoms with Crippen LogP contribution in [0.3, 0.4) is 0 Å². The van der Waals surface area contributed by atoms with Gasteiger partial charge in [-0.3, -0.25) is 4.79 Å². The summed E-state index contributed by atoms with van der Waals surface area (Å²) < 4.78 is 11.4. The fourth-order valence-electron chi connectivity index (χ4n) is 3.00. The molecular weight excluding hydrogens is 372 g/mol. The topological polar surface area (TPSA) is 54.7 Å². The minimum absolute atomic E-state index is 0.0517. The summed E-state index contributed by atoms with van der Waals surface area (Å²) in [5.74, 6) is 0.939. The molecule has 5 nitrogen and oxygen atoms in total. The van der Waals surface area contributed by atoms with E-state index in [0.29, 0.717) is 11.6 Å². The summed E-state index contributed by atoms with van der Waals surface area (Å²) in [4.78, 5) is 14.2. The van der Waals surface area contributed by atoms with E-state index in [1.165, 1.54) is 12.5 Å². The predicted molar refractivity (Wildman–Crippen MR) is 95.2 cm³/mol. The van der Waals surface area contributed by atoms with Crippen molar-refractivity contribution < 1.29 is 13.9 Å². The third kappa shape index (κ3) is 3.99. The summed E-state index contributed by atoms with van der Waals surface area (Å²) in [5, 5.41) is 3.58. The van der Waals surface area contributed by atoms with Crippen molar-refractivity contribution in [2.24, 2.45) is 0 Å². The van der Waals surface area contributed by atoms with Crippen LogP contribution in [0, 0.1) is 0 Å². The summed E-state index contributed by atoms with van der Waals surface area (Å²) in [7, 11) is 1.69. The standard InChI is InChI=1S/C18H21BrN2O3/c1-23-17-3-2-15(19)10-14(17)11-20-16-4-7-21(8-5-16)18(22)13-6-9-24-12-13/h2-3,6,9-10,12,16,20H,4-5,7-8,11H2,1H3. The molecular formula is C18H21BrN2O3. The third-order valence-electron chi connectivity index (χ3n) is 4.37. The molecule has 1 saturated heterocycles. The maximum absolute atomic E-state index is 12.3. The normalized spacial score (nSPS) is 15.5. The Morgan fingerprint density at radius 1 is 1.38 bits per heavy atom. The summed E-state index contributed by atoms with van der Waals surface area (Å²) >= 11 is 3.50. The number of hydrogen-bond donors (Lipinski definition) is 1. The van der Waals surface area contributed by atoms with Crippen molar-refractivity contribution in [1.29, 1.82) is 0 Å². The second-order valence-corrected chi connectivity index (χ2v) is 6.83. The lowest BCUT2D eigenvalue weighted by atomic mass is 10.0. The number of amides is 1. The highest BCUT2D eigenvalue weighted by Gasteiger charge is 2.24. The number of furan rings is 1. The molecule has 0 spiro atoms. The van der Waals surface area contributed by atoms with Gasteiger partial charge in [-0.2, -0.15) is 0 Å². The second-order valence-electron chi connectivity index (χ2n) is 5.92. The molecule has 1 amide bonds. The molecule has 1 fully saturated rings. The van der Waals surface area contributed by atoms with E-state index < -0.39 is 0 Å². The second kappa shape index (κ2) is 7.85. The van der Waals surface area contributed by atoms with Crippen molar-refractivity contribution in [2.75, 3.05) is 20.2 Å². The highest BCUT2D eigenvalue weighted by molar-refractivity contribution is 9.10. The maximum Gasteiger partial charge on any atom is 0.257 e. The maximum atomic E-state index is 12.3. The number of carbonyl (C=O) groups is 1. The molecule has 0 bridgehead atoms. The molecule has 24 heavy (non-hydrogen) atoms. The molecule has 2 aromatic rings. The Morgan fingerprint density at radius 2 is 2.17 bits per heavy atom. The average Bonchev–Trinajstić information content (AvgIpc) is 3.14. The molecule has 1 aliphatic heterocycles. The summed E-state index contributed by atoms with van der Waals surface area (Å²) in [6, 6.07) is 8.13. The highest BCUT2D eigenvalue weighted by Crippen LogP contribution is 2.23. The van der Waals surface area contributed by atoms with Gasteiger partial charge in [-0.05, 0) is 37.1 Å². The number of carbonyl (C=O) groups excluding carboxylic acids is 1. The molecule has 0 unspecified atom stereocenters. The molecule has 0 aliphatic carbocycles. The zero-order valence-corrected chi connectivity index (χ0v) is 15.2. The van der Waals surface area contributed by atoms with E-state index in [1.54, 1.807) is 13.2 Å². The molecule has 128 valence electrons. The van der Waals surface area contributed by atoms with Crippen molar-refractivity contribution in [3.63, 3.8) is 0 Å². The van der Waals surface area contributed by atoms with Gasteiger partial charge in [-0.15, -0.1) is 0 Å². The van der Waals surface area contributed by atoms with E-state index in [9.17, 15) is 4.79 Å². The van der Waals surface area contributed by atoms with E-state index in [0.717, 1.165) is 48.3 Å². The van der Waals surface area contributed by atoms with E-state index in [4.69, 9.17) is 9.15 Å². The van der Waals surface area contributed by atoms with Gasteiger partial charge in [0, 0.05) is 35.7 Å². The summed E-state index contributed by atoms with van der Waals surface area (Å²) in [6.45, 7) is 2.28. The van der Waals surface area contributed by atoms with Crippen molar-refractivity contribution in [2.45, 2.75) is 25.4 Å². The average molecular weight is 393 g/mol. The van der Waals surface area contributed by atoms with E-state index >= 15 is 0 Å². The quantitative estimate of drug-likeness (QED) is 0.846. The van der Waals surface area contributed by atoms with Crippen molar-refractivity contribution in [1.82, 2.24) is 10.2 Å². The Morgan fingerprint density at radius 3 is 2.83 bits per heavy atom. The first kappa shape index (κ1) is 17.0. The number of nitrogens with one attached hydrogen (secondary N) is 1. The van der Waals surface area contributed by atoms with Crippen LogP contribution in [0.2, 0.25) is 0 Å². The Kier molecular flexibility index (Phi) is 5.58. The fourth-order valence-corrected chi connectivity index (χ4v) is 3.40. The van der Waals surface area contributed by atoms with Gasteiger partial charge in [0.25, 0.3) is 5.91 Å². The van der Waals surface area contributed by atoms with Crippen LogP contribution in [0.4, 0.5) is 0 Å². The van der Waals surface area contributed by atoms with E-state index in [2.05, 4.69) is 27.3 Å². The molecule has 6 heteroatoms. The SMILES string of the molecule is COc1ccc(Br)cc1CNC1CCN(C(=O)c2ccoc2)CC1. The first-order valence-corrected chi connectivity index (χ1v) is 8.84. The lowest BCUT2D eigenvalue weighted by Gasteiger charge is -2.32. The van der Waals surface area contributed by atoms with Gasteiger partial charge in [0.1, 0.15) is 12.0 Å². The number of nitrogens with zero attached hydrogens (tertiary/aromatic N) is 1. The van der Waals surface area contributed by atoms with Crippen LogP contribution in [-0.2, 0) is 6.54 Å². The van der Waals surface area contributed by atoms with Crippen molar-refractivity contribution in [3.05, 3.63) is 52.4 Å². The number of rotatable bonds is 5. The number of hydrogen-bond acceptors (Lipinski definition) is 4. The highest BCUT2D eigenvalue weighted by atomic mass is 79.9. The Bertz CT molecular complexity index is 680. The predicted octanol–water partition coefficient (Wildman–Crippen LogP) is 3.45. The Hall–Kier alpha value is -1.79. The lowest BCUT2D eigenvalue weighted by Crippen LogP contribution is -2.44. The summed E-state index contributed by atoms with van der Waals surface area (Å²) in [5.41, 5.74) is 1.75. The van der Waals surface area contributed by atoms with Crippen LogP contribution < -0.4 is 10.1 Å². The van der Waals surface area contributed by atoms with E-state index in [-0.39, 0.29) is 5.91 Å². The van der Waals surface area contributed by atoms with Crippen LogP contribution in [0.25, 0.3) is 0 Å². The van der Waals surface area contributed by atoms with Crippen LogP contribution in [-0.4, -0.2) is 37.0 Å². The fraction of sp³-hybridized carbons (Fsp3) is 0.389. The van der Waals surface area contributed by atoms with E-state index in [1.807, 2.05) is 17.0 Å². The first-order chi connectivity index (χ1) is 11.7. The number of likely N-dealkylation sites (tertiary alicyclic amines) is 1. The number of ether oxygens (including phenoxy) is 1. The van der Waals surface area contributed by atoms with Crippen LogP contribution in [0.5, 0.6) is 5.75 Å². The number of benzene rings is 1. The van der Waals surface area contributed by atoms with Gasteiger partial charge in [-0.25, -0.2) is 0 Å². The molecule has 0 radical (unpaired) electrons. The number of halogens is 1. The van der Waals surface area contributed by atoms with Gasteiger partial charge in [0.2, 0.25) is 0 Å². The van der Waals surface area contributed by atoms with Crippen molar-refractivity contribution in [3.8, 4) is 5.75 Å². The van der Waals surface area contributed by atoms with Gasteiger partial charge in [0.05, 0.1) is 18.9 Å². The zero-order chi connectivity index (χ0) is 16.9. The van der Waals surface area contributed by atoms with Crippen LogP contribution >= 0.6 is 15.9 Å². The van der Waals surface area contributed by atoms with Gasteiger partial charge >= 0.3 is 0 Å². The minimum Gasteiger partial charge on any atom is -0.496 e. The molecule has 1 aromatic heterocycles. The monoisotopic (exact) mass is 392 g/mol. The van der Waals surface area contributed by atoms with Crippen LogP contribution in [0.15, 0.2) is 45.7 Å².